The highest BCUT2D eigenvalue weighted by atomic mass is 35.5. The second-order valence-electron chi connectivity index (χ2n) is 4.78. The van der Waals surface area contributed by atoms with E-state index in [4.69, 9.17) is 11.6 Å². The summed E-state index contributed by atoms with van der Waals surface area (Å²) in [5.41, 5.74) is 0.759. The lowest BCUT2D eigenvalue weighted by atomic mass is 9.81. The Kier molecular flexibility index (Phi) is 3.74. The van der Waals surface area contributed by atoms with Gasteiger partial charge in [-0.1, -0.05) is 78.3 Å². The van der Waals surface area contributed by atoms with Crippen molar-refractivity contribution in [3.63, 3.8) is 0 Å². The molecule has 1 N–H and O–H groups in total. The van der Waals surface area contributed by atoms with Crippen molar-refractivity contribution in [1.82, 2.24) is 4.98 Å². The number of nitrogens with zero attached hydrogens (tertiary/aromatic N) is 1. The second-order valence-corrected chi connectivity index (χ2v) is 5.14. The zero-order valence-corrected chi connectivity index (χ0v) is 12.0. The van der Waals surface area contributed by atoms with Gasteiger partial charge in [0.15, 0.2) is 0 Å². The highest BCUT2D eigenvalue weighted by Gasteiger charge is 2.35. The number of aliphatic hydroxyl groups is 1. The quantitative estimate of drug-likeness (QED) is 0.740. The van der Waals surface area contributed by atoms with E-state index in [-0.39, 0.29) is 0 Å². The van der Waals surface area contributed by atoms with E-state index in [9.17, 15) is 5.11 Å². The van der Waals surface area contributed by atoms with Crippen LogP contribution in [0, 0.1) is 0 Å². The van der Waals surface area contributed by atoms with E-state index in [1.165, 1.54) is 0 Å². The fourth-order valence-electron chi connectivity index (χ4n) is 2.49. The van der Waals surface area contributed by atoms with Gasteiger partial charge < -0.3 is 5.11 Å². The first-order valence-corrected chi connectivity index (χ1v) is 7.05. The molecule has 0 saturated heterocycles. The zero-order valence-electron chi connectivity index (χ0n) is 11.3. The summed E-state index contributed by atoms with van der Waals surface area (Å²) >= 11 is 6.24. The van der Waals surface area contributed by atoms with Crippen LogP contribution in [0.1, 0.15) is 16.7 Å². The molecule has 0 aliphatic carbocycles. The Hall–Kier alpha value is -2.16. The summed E-state index contributed by atoms with van der Waals surface area (Å²) in [5, 5.41) is 11.8. The van der Waals surface area contributed by atoms with Crippen LogP contribution in [-0.4, -0.2) is 10.1 Å². The molecule has 21 heavy (non-hydrogen) atoms. The topological polar surface area (TPSA) is 33.1 Å². The molecule has 0 amide bonds. The monoisotopic (exact) mass is 295 g/mol. The summed E-state index contributed by atoms with van der Waals surface area (Å²) in [4.78, 5) is 4.10. The SMILES string of the molecule is OC(c1ccccc1)(c1ccccc1)c1cccnc1Cl. The molecule has 0 aliphatic heterocycles. The predicted molar refractivity (Wildman–Crippen MR) is 84.2 cm³/mol. The fraction of sp³-hybridized carbons (Fsp3) is 0.0556. The Bertz CT molecular complexity index is 689. The van der Waals surface area contributed by atoms with Gasteiger partial charge in [-0.15, -0.1) is 0 Å². The van der Waals surface area contributed by atoms with Crippen molar-refractivity contribution >= 4 is 11.6 Å². The highest BCUT2D eigenvalue weighted by molar-refractivity contribution is 6.30. The molecule has 0 radical (unpaired) electrons. The molecule has 0 spiro atoms. The highest BCUT2D eigenvalue weighted by Crippen LogP contribution is 2.38. The van der Waals surface area contributed by atoms with Crippen LogP contribution in [-0.2, 0) is 5.60 Å². The molecule has 0 bridgehead atoms. The number of rotatable bonds is 3. The molecule has 1 heterocycles. The molecule has 0 atom stereocenters. The van der Waals surface area contributed by atoms with Crippen LogP contribution in [0.4, 0.5) is 0 Å². The third-order valence-electron chi connectivity index (χ3n) is 3.53. The molecule has 1 aromatic heterocycles. The Morgan fingerprint density at radius 3 is 1.76 bits per heavy atom. The summed E-state index contributed by atoms with van der Waals surface area (Å²) in [6.07, 6.45) is 1.61. The maximum atomic E-state index is 11.5. The minimum absolute atomic E-state index is 0.299. The third-order valence-corrected chi connectivity index (χ3v) is 3.83. The minimum atomic E-state index is -1.33. The average Bonchev–Trinajstić information content (AvgIpc) is 2.56. The molecule has 3 aromatic rings. The van der Waals surface area contributed by atoms with Gasteiger partial charge in [-0.25, -0.2) is 4.98 Å². The van der Waals surface area contributed by atoms with Gasteiger partial charge >= 0.3 is 0 Å². The predicted octanol–water partition coefficient (Wildman–Crippen LogP) is 4.02. The van der Waals surface area contributed by atoms with Gasteiger partial charge in [-0.05, 0) is 17.2 Å². The number of aromatic nitrogens is 1. The lowest BCUT2D eigenvalue weighted by Crippen LogP contribution is -2.29. The first-order chi connectivity index (χ1) is 10.2. The zero-order chi connectivity index (χ0) is 14.7. The molecule has 2 nitrogen and oxygen atoms in total. The van der Waals surface area contributed by atoms with Crippen LogP contribution in [0.25, 0.3) is 0 Å². The van der Waals surface area contributed by atoms with Crippen molar-refractivity contribution < 1.29 is 5.11 Å². The number of pyridine rings is 1. The van der Waals surface area contributed by atoms with Gasteiger partial charge in [-0.2, -0.15) is 0 Å². The summed E-state index contributed by atoms with van der Waals surface area (Å²) in [6, 6.07) is 22.5. The number of hydrogen-bond acceptors (Lipinski definition) is 2. The number of hydrogen-bond donors (Lipinski definition) is 1. The first kappa shape index (κ1) is 13.8. The van der Waals surface area contributed by atoms with E-state index >= 15 is 0 Å². The maximum absolute atomic E-state index is 11.5. The third kappa shape index (κ3) is 2.44. The van der Waals surface area contributed by atoms with E-state index in [2.05, 4.69) is 4.98 Å². The normalized spacial score (nSPS) is 11.3. The molecular weight excluding hydrogens is 282 g/mol. The van der Waals surface area contributed by atoms with Crippen molar-refractivity contribution in [3.8, 4) is 0 Å². The van der Waals surface area contributed by atoms with Gasteiger partial charge in [0.05, 0.1) is 0 Å². The smallest absolute Gasteiger partial charge is 0.143 e. The lowest BCUT2D eigenvalue weighted by molar-refractivity contribution is 0.125. The fourth-order valence-corrected chi connectivity index (χ4v) is 2.75. The molecule has 0 saturated carbocycles. The van der Waals surface area contributed by atoms with Gasteiger partial charge in [0.25, 0.3) is 0 Å². The van der Waals surface area contributed by atoms with Gasteiger partial charge in [-0.3, -0.25) is 0 Å². The Morgan fingerprint density at radius 2 is 1.29 bits per heavy atom. The summed E-state index contributed by atoms with van der Waals surface area (Å²) in [5.74, 6) is 0. The molecule has 3 rings (SSSR count). The minimum Gasteiger partial charge on any atom is -0.376 e. The molecule has 2 aromatic carbocycles. The number of benzene rings is 2. The second kappa shape index (κ2) is 5.68. The summed E-state index contributed by atoms with van der Waals surface area (Å²) < 4.78 is 0. The Morgan fingerprint density at radius 1 is 0.762 bits per heavy atom. The van der Waals surface area contributed by atoms with Gasteiger partial charge in [0.1, 0.15) is 10.8 Å². The Balaban J connectivity index is 2.29. The largest absolute Gasteiger partial charge is 0.376 e. The standard InChI is InChI=1S/C18H14ClNO/c19-17-16(12-7-13-20-17)18(21,14-8-3-1-4-9-14)15-10-5-2-6-11-15/h1-13,21H. The molecule has 0 unspecified atom stereocenters. The van der Waals surface area contributed by atoms with Gasteiger partial charge in [0.2, 0.25) is 0 Å². The lowest BCUT2D eigenvalue weighted by Gasteiger charge is -2.30. The first-order valence-electron chi connectivity index (χ1n) is 6.67. The van der Waals surface area contributed by atoms with Crippen LogP contribution < -0.4 is 0 Å². The van der Waals surface area contributed by atoms with Crippen LogP contribution >= 0.6 is 11.6 Å². The number of halogens is 1. The van der Waals surface area contributed by atoms with Crippen LogP contribution in [0.2, 0.25) is 5.15 Å². The summed E-state index contributed by atoms with van der Waals surface area (Å²) in [7, 11) is 0. The van der Waals surface area contributed by atoms with Crippen LogP contribution in [0.5, 0.6) is 0 Å². The van der Waals surface area contributed by atoms with Crippen molar-refractivity contribution in [2.75, 3.05) is 0 Å². The van der Waals surface area contributed by atoms with Crippen molar-refractivity contribution in [2.45, 2.75) is 5.60 Å². The molecular formula is C18H14ClNO. The van der Waals surface area contributed by atoms with Crippen molar-refractivity contribution in [3.05, 3.63) is 101 Å². The molecule has 3 heteroatoms. The molecule has 0 fully saturated rings. The van der Waals surface area contributed by atoms with E-state index in [0.29, 0.717) is 10.7 Å². The maximum Gasteiger partial charge on any atom is 0.143 e. The van der Waals surface area contributed by atoms with E-state index in [1.54, 1.807) is 18.3 Å². The van der Waals surface area contributed by atoms with E-state index in [1.807, 2.05) is 60.7 Å². The van der Waals surface area contributed by atoms with Crippen molar-refractivity contribution in [2.24, 2.45) is 0 Å². The van der Waals surface area contributed by atoms with E-state index in [0.717, 1.165) is 11.1 Å². The average molecular weight is 296 g/mol. The Labute approximate surface area is 128 Å². The van der Waals surface area contributed by atoms with Crippen LogP contribution in [0.3, 0.4) is 0 Å². The molecule has 104 valence electrons. The summed E-state index contributed by atoms with van der Waals surface area (Å²) in [6.45, 7) is 0. The van der Waals surface area contributed by atoms with Gasteiger partial charge in [0, 0.05) is 11.8 Å². The van der Waals surface area contributed by atoms with E-state index < -0.39 is 5.60 Å². The van der Waals surface area contributed by atoms with Crippen molar-refractivity contribution in [1.29, 1.82) is 0 Å². The van der Waals surface area contributed by atoms with Crippen LogP contribution in [0.15, 0.2) is 79.0 Å². The molecule has 0 aliphatic rings.